The monoisotopic (exact) mass is 328 g/mol. The van der Waals surface area contributed by atoms with E-state index in [1.54, 1.807) is 23.5 Å². The van der Waals surface area contributed by atoms with Gasteiger partial charge in [-0.25, -0.2) is 9.78 Å². The second-order valence-electron chi connectivity index (χ2n) is 5.37. The van der Waals surface area contributed by atoms with Gasteiger partial charge < -0.3 is 9.73 Å². The van der Waals surface area contributed by atoms with Crippen LogP contribution in [0.2, 0.25) is 0 Å². The number of hydrogen-bond donors (Lipinski definition) is 1. The third kappa shape index (κ3) is 3.65. The van der Waals surface area contributed by atoms with Crippen LogP contribution in [0.1, 0.15) is 22.7 Å². The number of benzene rings is 1. The molecule has 23 heavy (non-hydrogen) atoms. The number of amides is 1. The van der Waals surface area contributed by atoms with Gasteiger partial charge in [0, 0.05) is 35.0 Å². The normalized spacial score (nSPS) is 10.9. The molecule has 1 N–H and O–H groups in total. The van der Waals surface area contributed by atoms with Crippen molar-refractivity contribution in [2.45, 2.75) is 26.7 Å². The standard InChI is InChI=1S/C17H16N2O3S/c1-10-7-17(21)22-15-8-12(3-5-14(10)15)19-16(20)6-4-13-9-23-11(2)18-13/h3,5,7-9H,4,6H2,1-2H3,(H,19,20). The summed E-state index contributed by atoms with van der Waals surface area (Å²) in [5, 5.41) is 6.65. The zero-order valence-corrected chi connectivity index (χ0v) is 13.7. The molecule has 0 aliphatic heterocycles. The molecule has 0 atom stereocenters. The number of carbonyl (C=O) groups excluding carboxylic acids is 1. The summed E-state index contributed by atoms with van der Waals surface area (Å²) >= 11 is 1.58. The van der Waals surface area contributed by atoms with Crippen LogP contribution in [0.4, 0.5) is 5.69 Å². The van der Waals surface area contributed by atoms with Gasteiger partial charge in [-0.1, -0.05) is 0 Å². The number of hydrogen-bond acceptors (Lipinski definition) is 5. The lowest BCUT2D eigenvalue weighted by atomic mass is 10.1. The fourth-order valence-electron chi connectivity index (χ4n) is 2.39. The van der Waals surface area contributed by atoms with Crippen LogP contribution in [-0.2, 0) is 11.2 Å². The number of aromatic nitrogens is 1. The fraction of sp³-hybridized carbons (Fsp3) is 0.235. The largest absolute Gasteiger partial charge is 0.423 e. The maximum Gasteiger partial charge on any atom is 0.336 e. The van der Waals surface area contributed by atoms with Crippen molar-refractivity contribution in [2.75, 3.05) is 5.32 Å². The maximum atomic E-state index is 12.0. The second kappa shape index (κ2) is 6.34. The predicted molar refractivity (Wildman–Crippen MR) is 91.0 cm³/mol. The molecule has 1 amide bonds. The molecule has 5 nitrogen and oxygen atoms in total. The van der Waals surface area contributed by atoms with Crippen LogP contribution in [0.3, 0.4) is 0 Å². The minimum atomic E-state index is -0.391. The summed E-state index contributed by atoms with van der Waals surface area (Å²) in [5.74, 6) is -0.0926. The molecule has 2 heterocycles. The second-order valence-corrected chi connectivity index (χ2v) is 6.43. The number of rotatable bonds is 4. The first-order valence-corrected chi connectivity index (χ1v) is 8.14. The van der Waals surface area contributed by atoms with E-state index < -0.39 is 5.63 Å². The number of thiazole rings is 1. The number of fused-ring (bicyclic) bond motifs is 1. The minimum absolute atomic E-state index is 0.0926. The molecule has 2 aromatic heterocycles. The molecule has 3 aromatic rings. The highest BCUT2D eigenvalue weighted by molar-refractivity contribution is 7.09. The van der Waals surface area contributed by atoms with E-state index >= 15 is 0 Å². The van der Waals surface area contributed by atoms with E-state index in [9.17, 15) is 9.59 Å². The van der Waals surface area contributed by atoms with Crippen molar-refractivity contribution >= 4 is 33.9 Å². The molecule has 0 spiro atoms. The molecule has 0 saturated heterocycles. The highest BCUT2D eigenvalue weighted by Crippen LogP contribution is 2.21. The zero-order valence-electron chi connectivity index (χ0n) is 12.9. The molecule has 118 valence electrons. The third-order valence-electron chi connectivity index (χ3n) is 3.51. The molecule has 0 fully saturated rings. The lowest BCUT2D eigenvalue weighted by Crippen LogP contribution is -2.12. The molecule has 1 aromatic carbocycles. The van der Waals surface area contributed by atoms with Gasteiger partial charge >= 0.3 is 5.63 Å². The molecule has 3 rings (SSSR count). The van der Waals surface area contributed by atoms with Gasteiger partial charge in [-0.15, -0.1) is 11.3 Å². The van der Waals surface area contributed by atoms with Crippen LogP contribution in [0.15, 0.2) is 38.9 Å². The Bertz CT molecular complexity index is 927. The van der Waals surface area contributed by atoms with E-state index in [2.05, 4.69) is 10.3 Å². The molecule has 0 saturated carbocycles. The van der Waals surface area contributed by atoms with Crippen LogP contribution in [-0.4, -0.2) is 10.9 Å². The quantitative estimate of drug-likeness (QED) is 0.745. The Morgan fingerprint density at radius 3 is 2.87 bits per heavy atom. The topological polar surface area (TPSA) is 72.2 Å². The lowest BCUT2D eigenvalue weighted by molar-refractivity contribution is -0.116. The average molecular weight is 328 g/mol. The van der Waals surface area contributed by atoms with E-state index in [4.69, 9.17) is 4.42 Å². The molecule has 0 bridgehead atoms. The van der Waals surface area contributed by atoms with Crippen molar-refractivity contribution in [2.24, 2.45) is 0 Å². The predicted octanol–water partition coefficient (Wildman–Crippen LogP) is 3.44. The van der Waals surface area contributed by atoms with Crippen molar-refractivity contribution in [3.05, 3.63) is 56.3 Å². The van der Waals surface area contributed by atoms with Gasteiger partial charge in [0.15, 0.2) is 0 Å². The zero-order chi connectivity index (χ0) is 16.4. The van der Waals surface area contributed by atoms with Crippen LogP contribution in [0, 0.1) is 13.8 Å². The number of anilines is 1. The van der Waals surface area contributed by atoms with Crippen molar-refractivity contribution in [3.8, 4) is 0 Å². The van der Waals surface area contributed by atoms with Crippen LogP contribution in [0.5, 0.6) is 0 Å². The van der Waals surface area contributed by atoms with E-state index in [0.717, 1.165) is 21.7 Å². The third-order valence-corrected chi connectivity index (χ3v) is 4.33. The Kier molecular flexibility index (Phi) is 4.25. The van der Waals surface area contributed by atoms with Gasteiger partial charge in [-0.2, -0.15) is 0 Å². The van der Waals surface area contributed by atoms with E-state index in [0.29, 0.717) is 24.1 Å². The van der Waals surface area contributed by atoms with Crippen molar-refractivity contribution in [3.63, 3.8) is 0 Å². The first-order valence-electron chi connectivity index (χ1n) is 7.26. The fourth-order valence-corrected chi connectivity index (χ4v) is 3.04. The van der Waals surface area contributed by atoms with Gasteiger partial charge in [0.05, 0.1) is 10.7 Å². The highest BCUT2D eigenvalue weighted by Gasteiger charge is 2.08. The molecule has 0 unspecified atom stereocenters. The Balaban J connectivity index is 1.70. The molecular formula is C17H16N2O3S. The number of aryl methyl sites for hydroxylation is 3. The Morgan fingerprint density at radius 2 is 2.13 bits per heavy atom. The summed E-state index contributed by atoms with van der Waals surface area (Å²) in [7, 11) is 0. The van der Waals surface area contributed by atoms with Crippen molar-refractivity contribution in [1.29, 1.82) is 0 Å². The smallest absolute Gasteiger partial charge is 0.336 e. The number of nitrogens with one attached hydrogen (secondary N) is 1. The summed E-state index contributed by atoms with van der Waals surface area (Å²) in [4.78, 5) is 27.8. The summed E-state index contributed by atoms with van der Waals surface area (Å²) in [6.07, 6.45) is 0.969. The molecule has 6 heteroatoms. The summed E-state index contributed by atoms with van der Waals surface area (Å²) < 4.78 is 5.18. The van der Waals surface area contributed by atoms with E-state index in [1.807, 2.05) is 25.3 Å². The van der Waals surface area contributed by atoms with Gasteiger partial charge in [-0.3, -0.25) is 4.79 Å². The van der Waals surface area contributed by atoms with Crippen molar-refractivity contribution < 1.29 is 9.21 Å². The SMILES string of the molecule is Cc1nc(CCC(=O)Nc2ccc3c(C)cc(=O)oc3c2)cs1. The number of carbonyl (C=O) groups is 1. The van der Waals surface area contributed by atoms with Crippen LogP contribution >= 0.6 is 11.3 Å². The molecule has 0 aliphatic carbocycles. The van der Waals surface area contributed by atoms with Crippen molar-refractivity contribution in [1.82, 2.24) is 4.98 Å². The maximum absolute atomic E-state index is 12.0. The first-order chi connectivity index (χ1) is 11.0. The number of nitrogens with zero attached hydrogens (tertiary/aromatic N) is 1. The summed E-state index contributed by atoms with van der Waals surface area (Å²) in [6.45, 7) is 3.80. The van der Waals surface area contributed by atoms with Gasteiger partial charge in [0.25, 0.3) is 0 Å². The molecule has 0 radical (unpaired) electrons. The first kappa shape index (κ1) is 15.4. The minimum Gasteiger partial charge on any atom is -0.423 e. The Labute approximate surface area is 137 Å². The van der Waals surface area contributed by atoms with Gasteiger partial charge in [0.1, 0.15) is 5.58 Å². The summed E-state index contributed by atoms with van der Waals surface area (Å²) in [6, 6.07) is 6.78. The van der Waals surface area contributed by atoms with Crippen LogP contribution < -0.4 is 10.9 Å². The Morgan fingerprint density at radius 1 is 1.30 bits per heavy atom. The highest BCUT2D eigenvalue weighted by atomic mass is 32.1. The lowest BCUT2D eigenvalue weighted by Gasteiger charge is -2.06. The van der Waals surface area contributed by atoms with Crippen LogP contribution in [0.25, 0.3) is 11.0 Å². The van der Waals surface area contributed by atoms with E-state index in [-0.39, 0.29) is 5.91 Å². The summed E-state index contributed by atoms with van der Waals surface area (Å²) in [5.41, 5.74) is 2.49. The van der Waals surface area contributed by atoms with Gasteiger partial charge in [-0.05, 0) is 38.0 Å². The Hall–Kier alpha value is -2.47. The average Bonchev–Trinajstić information content (AvgIpc) is 2.90. The van der Waals surface area contributed by atoms with E-state index in [1.165, 1.54) is 6.07 Å². The van der Waals surface area contributed by atoms with Gasteiger partial charge in [0.2, 0.25) is 5.91 Å². The molecular weight excluding hydrogens is 312 g/mol. The molecule has 0 aliphatic rings.